The summed E-state index contributed by atoms with van der Waals surface area (Å²) < 4.78 is 6.73. The molecule has 0 aliphatic carbocycles. The van der Waals surface area contributed by atoms with Crippen LogP contribution in [0.3, 0.4) is 0 Å². The summed E-state index contributed by atoms with van der Waals surface area (Å²) in [5, 5.41) is 3.60. The summed E-state index contributed by atoms with van der Waals surface area (Å²) >= 11 is 9.64. The molecule has 0 radical (unpaired) electrons. The van der Waals surface area contributed by atoms with E-state index >= 15 is 0 Å². The molecule has 0 heterocycles. The lowest BCUT2D eigenvalue weighted by Gasteiger charge is -2.32. The molecule has 1 unspecified atom stereocenters. The number of carbonyl (C=O) groups excluding carboxylic acids is 2. The minimum atomic E-state index is -0.719. The second kappa shape index (κ2) is 13.6. The van der Waals surface area contributed by atoms with Crippen LogP contribution in [0.2, 0.25) is 5.02 Å². The lowest BCUT2D eigenvalue weighted by atomic mass is 10.0. The second-order valence-electron chi connectivity index (χ2n) is 9.65. The van der Waals surface area contributed by atoms with Gasteiger partial charge in [0.2, 0.25) is 5.91 Å². The van der Waals surface area contributed by atoms with Gasteiger partial charge >= 0.3 is 0 Å². The Bertz CT molecular complexity index is 1180. The molecular formula is C30H34BrClN2O3. The van der Waals surface area contributed by atoms with Crippen molar-refractivity contribution >= 4 is 39.3 Å². The van der Waals surface area contributed by atoms with E-state index in [1.165, 1.54) is 5.56 Å². The van der Waals surface area contributed by atoms with Crippen molar-refractivity contribution in [1.82, 2.24) is 10.2 Å². The lowest BCUT2D eigenvalue weighted by Crippen LogP contribution is -2.52. The van der Waals surface area contributed by atoms with Crippen molar-refractivity contribution in [2.24, 2.45) is 0 Å². The van der Waals surface area contributed by atoms with Crippen LogP contribution in [0.25, 0.3) is 0 Å². The first-order valence-corrected chi connectivity index (χ1v) is 13.6. The fraction of sp³-hybridized carbons (Fsp3) is 0.333. The third-order valence-electron chi connectivity index (χ3n) is 5.94. The molecule has 0 saturated heterocycles. The summed E-state index contributed by atoms with van der Waals surface area (Å²) in [5.74, 6) is 0.466. The number of ether oxygens (including phenoxy) is 1. The van der Waals surface area contributed by atoms with Crippen LogP contribution in [0.5, 0.6) is 5.75 Å². The molecule has 5 nitrogen and oxygen atoms in total. The van der Waals surface area contributed by atoms with Crippen molar-refractivity contribution in [3.05, 3.63) is 99.0 Å². The van der Waals surface area contributed by atoms with E-state index in [4.69, 9.17) is 16.3 Å². The molecule has 0 saturated carbocycles. The van der Waals surface area contributed by atoms with Gasteiger partial charge in [-0.2, -0.15) is 0 Å². The Morgan fingerprint density at radius 1 is 0.946 bits per heavy atom. The largest absolute Gasteiger partial charge is 0.483 e. The summed E-state index contributed by atoms with van der Waals surface area (Å²) in [6, 6.07) is 22.1. The maximum absolute atomic E-state index is 13.7. The van der Waals surface area contributed by atoms with Crippen LogP contribution in [0.15, 0.2) is 77.3 Å². The highest BCUT2D eigenvalue weighted by Crippen LogP contribution is 2.29. The number of hydrogen-bond acceptors (Lipinski definition) is 3. The number of nitrogens with one attached hydrogen (secondary N) is 1. The van der Waals surface area contributed by atoms with Gasteiger partial charge < -0.3 is 15.0 Å². The zero-order valence-corrected chi connectivity index (χ0v) is 24.1. The van der Waals surface area contributed by atoms with Gasteiger partial charge in [-0.25, -0.2) is 0 Å². The van der Waals surface area contributed by atoms with Gasteiger partial charge in [-0.05, 0) is 76.7 Å². The molecule has 1 atom stereocenters. The van der Waals surface area contributed by atoms with Crippen molar-refractivity contribution < 1.29 is 14.3 Å². The Morgan fingerprint density at radius 3 is 2.22 bits per heavy atom. The molecule has 0 bridgehead atoms. The Hall–Kier alpha value is -2.83. The standard InChI is InChI=1S/C30H34BrClN2O3/c1-20(2)24-12-15-28(26(31)17-24)37-19-29(35)34(18-23-10-13-25(32)14-11-23)27(30(36)33-21(3)4)16-22-8-6-5-7-9-22/h5-15,17,20-21,27H,16,18-19H2,1-4H3,(H,33,36). The summed E-state index contributed by atoms with van der Waals surface area (Å²) in [6.07, 6.45) is 0.380. The van der Waals surface area contributed by atoms with Crippen LogP contribution >= 0.6 is 27.5 Å². The van der Waals surface area contributed by atoms with Gasteiger partial charge in [0, 0.05) is 24.0 Å². The van der Waals surface area contributed by atoms with Crippen LogP contribution in [0.4, 0.5) is 0 Å². The fourth-order valence-electron chi connectivity index (χ4n) is 3.94. The number of halogens is 2. The van der Waals surface area contributed by atoms with Crippen molar-refractivity contribution in [2.45, 2.75) is 58.7 Å². The van der Waals surface area contributed by atoms with E-state index in [0.29, 0.717) is 23.1 Å². The smallest absolute Gasteiger partial charge is 0.261 e. The van der Waals surface area contributed by atoms with Gasteiger partial charge in [0.05, 0.1) is 4.47 Å². The first-order chi connectivity index (χ1) is 17.6. The number of amides is 2. The quantitative estimate of drug-likeness (QED) is 0.270. The van der Waals surface area contributed by atoms with Crippen LogP contribution in [0.1, 0.15) is 50.3 Å². The van der Waals surface area contributed by atoms with Crippen molar-refractivity contribution in [2.75, 3.05) is 6.61 Å². The molecule has 0 aliphatic rings. The highest BCUT2D eigenvalue weighted by molar-refractivity contribution is 9.10. The average Bonchev–Trinajstić information content (AvgIpc) is 2.86. The number of hydrogen-bond donors (Lipinski definition) is 1. The molecule has 3 aromatic carbocycles. The summed E-state index contributed by atoms with van der Waals surface area (Å²) in [7, 11) is 0. The van der Waals surface area contributed by atoms with E-state index < -0.39 is 6.04 Å². The fourth-order valence-corrected chi connectivity index (χ4v) is 4.57. The van der Waals surface area contributed by atoms with Gasteiger partial charge in [-0.1, -0.05) is 74.0 Å². The maximum Gasteiger partial charge on any atom is 0.261 e. The molecule has 1 N–H and O–H groups in total. The first-order valence-electron chi connectivity index (χ1n) is 12.4. The van der Waals surface area contributed by atoms with Gasteiger partial charge in [-0.3, -0.25) is 9.59 Å². The SMILES string of the molecule is CC(C)NC(=O)C(Cc1ccccc1)N(Cc1ccc(Cl)cc1)C(=O)COc1ccc(C(C)C)cc1Br. The third-order valence-corrected chi connectivity index (χ3v) is 6.81. The topological polar surface area (TPSA) is 58.6 Å². The van der Waals surface area contributed by atoms with Gasteiger partial charge in [0.1, 0.15) is 11.8 Å². The van der Waals surface area contributed by atoms with Crippen LogP contribution in [-0.4, -0.2) is 35.4 Å². The summed E-state index contributed by atoms with van der Waals surface area (Å²) in [5.41, 5.74) is 3.01. The highest BCUT2D eigenvalue weighted by Gasteiger charge is 2.31. The van der Waals surface area contributed by atoms with E-state index in [0.717, 1.165) is 15.6 Å². The molecule has 0 spiro atoms. The van der Waals surface area contributed by atoms with E-state index in [2.05, 4.69) is 35.1 Å². The third kappa shape index (κ3) is 8.61. The Labute approximate surface area is 233 Å². The number of rotatable bonds is 11. The van der Waals surface area contributed by atoms with E-state index in [-0.39, 0.29) is 31.0 Å². The predicted octanol–water partition coefficient (Wildman–Crippen LogP) is 6.77. The van der Waals surface area contributed by atoms with Gasteiger partial charge in [0.15, 0.2) is 6.61 Å². The molecule has 196 valence electrons. The first kappa shape index (κ1) is 28.7. The number of benzene rings is 3. The molecule has 0 aliphatic heterocycles. The highest BCUT2D eigenvalue weighted by atomic mass is 79.9. The normalized spacial score (nSPS) is 11.9. The van der Waals surface area contributed by atoms with E-state index in [9.17, 15) is 9.59 Å². The maximum atomic E-state index is 13.7. The Balaban J connectivity index is 1.90. The summed E-state index contributed by atoms with van der Waals surface area (Å²) in [4.78, 5) is 28.7. The minimum absolute atomic E-state index is 0.0649. The molecular weight excluding hydrogens is 552 g/mol. The molecule has 3 aromatic rings. The number of nitrogens with zero attached hydrogens (tertiary/aromatic N) is 1. The molecule has 2 amide bonds. The molecule has 3 rings (SSSR count). The molecule has 37 heavy (non-hydrogen) atoms. The van der Waals surface area contributed by atoms with Gasteiger partial charge in [-0.15, -0.1) is 0 Å². The lowest BCUT2D eigenvalue weighted by molar-refractivity contribution is -0.143. The van der Waals surface area contributed by atoms with Crippen LogP contribution in [-0.2, 0) is 22.6 Å². The zero-order valence-electron chi connectivity index (χ0n) is 21.7. The van der Waals surface area contributed by atoms with Gasteiger partial charge in [0.25, 0.3) is 5.91 Å². The van der Waals surface area contributed by atoms with Crippen LogP contribution < -0.4 is 10.1 Å². The monoisotopic (exact) mass is 584 g/mol. The van der Waals surface area contributed by atoms with Crippen LogP contribution in [0, 0.1) is 0 Å². The van der Waals surface area contributed by atoms with Crippen molar-refractivity contribution in [1.29, 1.82) is 0 Å². The second-order valence-corrected chi connectivity index (χ2v) is 10.9. The summed E-state index contributed by atoms with van der Waals surface area (Å²) in [6.45, 7) is 8.10. The predicted molar refractivity (Wildman–Crippen MR) is 153 cm³/mol. The zero-order chi connectivity index (χ0) is 26.9. The van der Waals surface area contributed by atoms with E-state index in [1.807, 2.05) is 74.5 Å². The minimum Gasteiger partial charge on any atom is -0.483 e. The van der Waals surface area contributed by atoms with E-state index in [1.54, 1.807) is 17.0 Å². The van der Waals surface area contributed by atoms with Crippen molar-refractivity contribution in [3.63, 3.8) is 0 Å². The Kier molecular flexibility index (Phi) is 10.6. The molecule has 0 aromatic heterocycles. The molecule has 0 fully saturated rings. The molecule has 7 heteroatoms. The number of carbonyl (C=O) groups is 2. The Morgan fingerprint density at radius 2 is 1.62 bits per heavy atom. The van der Waals surface area contributed by atoms with Crippen molar-refractivity contribution in [3.8, 4) is 5.75 Å². The average molecular weight is 586 g/mol.